The molecule has 4 heteroatoms. The van der Waals surface area contributed by atoms with E-state index in [1.165, 1.54) is 0 Å². The van der Waals surface area contributed by atoms with E-state index >= 15 is 0 Å². The highest BCUT2D eigenvalue weighted by molar-refractivity contribution is 5.44. The van der Waals surface area contributed by atoms with Gasteiger partial charge in [-0.1, -0.05) is 19.9 Å². The highest BCUT2D eigenvalue weighted by Gasteiger charge is 2.14. The molecule has 1 atom stereocenters. The van der Waals surface area contributed by atoms with E-state index in [9.17, 15) is 0 Å². The highest BCUT2D eigenvalue weighted by Crippen LogP contribution is 2.32. The maximum absolute atomic E-state index is 5.92. The van der Waals surface area contributed by atoms with Crippen molar-refractivity contribution < 1.29 is 14.2 Å². The largest absolute Gasteiger partial charge is 0.454 e. The Kier molecular flexibility index (Phi) is 5.48. The van der Waals surface area contributed by atoms with Crippen LogP contribution in [0.25, 0.3) is 0 Å². The van der Waals surface area contributed by atoms with E-state index in [1.807, 2.05) is 18.2 Å². The second kappa shape index (κ2) is 7.36. The minimum absolute atomic E-state index is 0.261. The SMILES string of the molecule is CCCNCC(CC)OCc1ccc2c(c1)OCO2. The van der Waals surface area contributed by atoms with Crippen LogP contribution in [-0.4, -0.2) is 26.0 Å². The Morgan fingerprint density at radius 1 is 1.26 bits per heavy atom. The Labute approximate surface area is 115 Å². The molecule has 0 fully saturated rings. The quantitative estimate of drug-likeness (QED) is 0.734. The molecule has 0 aromatic heterocycles. The van der Waals surface area contributed by atoms with E-state index in [0.29, 0.717) is 13.4 Å². The number of ether oxygens (including phenoxy) is 3. The van der Waals surface area contributed by atoms with Crippen LogP contribution in [0.2, 0.25) is 0 Å². The van der Waals surface area contributed by atoms with Crippen LogP contribution in [0.4, 0.5) is 0 Å². The van der Waals surface area contributed by atoms with Gasteiger partial charge in [-0.2, -0.15) is 0 Å². The molecular formula is C15H23NO3. The van der Waals surface area contributed by atoms with Gasteiger partial charge in [-0.05, 0) is 37.1 Å². The molecule has 0 aliphatic carbocycles. The summed E-state index contributed by atoms with van der Waals surface area (Å²) in [4.78, 5) is 0. The molecule has 1 aliphatic heterocycles. The predicted octanol–water partition coefficient (Wildman–Crippen LogP) is 2.71. The fraction of sp³-hybridized carbons (Fsp3) is 0.600. The highest BCUT2D eigenvalue weighted by atomic mass is 16.7. The average Bonchev–Trinajstić information content (AvgIpc) is 2.90. The monoisotopic (exact) mass is 265 g/mol. The van der Waals surface area contributed by atoms with Gasteiger partial charge < -0.3 is 19.5 Å². The molecule has 1 aliphatic rings. The van der Waals surface area contributed by atoms with Crippen LogP contribution in [0, 0.1) is 0 Å². The Balaban J connectivity index is 1.80. The molecule has 1 N–H and O–H groups in total. The van der Waals surface area contributed by atoms with E-state index in [1.54, 1.807) is 0 Å². The average molecular weight is 265 g/mol. The molecule has 106 valence electrons. The number of hydrogen-bond donors (Lipinski definition) is 1. The normalized spacial score (nSPS) is 14.6. The third kappa shape index (κ3) is 4.11. The van der Waals surface area contributed by atoms with Gasteiger partial charge in [0.2, 0.25) is 6.79 Å². The summed E-state index contributed by atoms with van der Waals surface area (Å²) < 4.78 is 16.6. The van der Waals surface area contributed by atoms with Crippen molar-refractivity contribution in [2.75, 3.05) is 19.9 Å². The predicted molar refractivity (Wildman–Crippen MR) is 74.6 cm³/mol. The Morgan fingerprint density at radius 3 is 2.89 bits per heavy atom. The van der Waals surface area contributed by atoms with Crippen molar-refractivity contribution in [3.8, 4) is 11.5 Å². The van der Waals surface area contributed by atoms with Gasteiger partial charge in [0.1, 0.15) is 0 Å². The third-order valence-electron chi connectivity index (χ3n) is 3.18. The van der Waals surface area contributed by atoms with E-state index in [0.717, 1.165) is 43.0 Å². The Hall–Kier alpha value is -1.26. The molecule has 1 heterocycles. The van der Waals surface area contributed by atoms with Crippen molar-refractivity contribution in [1.29, 1.82) is 0 Å². The molecule has 0 spiro atoms. The van der Waals surface area contributed by atoms with Crippen LogP contribution in [0.5, 0.6) is 11.5 Å². The lowest BCUT2D eigenvalue weighted by Gasteiger charge is -2.17. The van der Waals surface area contributed by atoms with Crippen molar-refractivity contribution in [3.63, 3.8) is 0 Å². The minimum Gasteiger partial charge on any atom is -0.454 e. The van der Waals surface area contributed by atoms with Crippen molar-refractivity contribution in [1.82, 2.24) is 5.32 Å². The molecule has 0 radical (unpaired) electrons. The van der Waals surface area contributed by atoms with Crippen LogP contribution >= 0.6 is 0 Å². The standard InChI is InChI=1S/C15H23NO3/c1-3-7-16-9-13(4-2)17-10-12-5-6-14-15(8-12)19-11-18-14/h5-6,8,13,16H,3-4,7,9-11H2,1-2H3. The topological polar surface area (TPSA) is 39.7 Å². The van der Waals surface area contributed by atoms with Gasteiger partial charge in [0.25, 0.3) is 0 Å². The molecule has 1 aromatic carbocycles. The van der Waals surface area contributed by atoms with E-state index in [2.05, 4.69) is 19.2 Å². The lowest BCUT2D eigenvalue weighted by Crippen LogP contribution is -2.29. The van der Waals surface area contributed by atoms with Gasteiger partial charge in [0, 0.05) is 6.54 Å². The first-order valence-corrected chi connectivity index (χ1v) is 7.04. The van der Waals surface area contributed by atoms with Crippen molar-refractivity contribution in [2.24, 2.45) is 0 Å². The summed E-state index contributed by atoms with van der Waals surface area (Å²) in [6, 6.07) is 5.96. The second-order valence-corrected chi connectivity index (χ2v) is 4.73. The summed E-state index contributed by atoms with van der Waals surface area (Å²) in [6.45, 7) is 7.21. The smallest absolute Gasteiger partial charge is 0.231 e. The molecule has 0 saturated heterocycles. The molecule has 0 amide bonds. The van der Waals surface area contributed by atoms with Crippen LogP contribution in [0.1, 0.15) is 32.3 Å². The number of benzene rings is 1. The molecule has 2 rings (SSSR count). The summed E-state index contributed by atoms with van der Waals surface area (Å²) in [5.41, 5.74) is 1.12. The van der Waals surface area contributed by atoms with Crippen LogP contribution in [0.3, 0.4) is 0 Å². The third-order valence-corrected chi connectivity index (χ3v) is 3.18. The van der Waals surface area contributed by atoms with Gasteiger partial charge >= 0.3 is 0 Å². The summed E-state index contributed by atoms with van der Waals surface area (Å²) in [5, 5.41) is 3.39. The number of nitrogens with one attached hydrogen (secondary N) is 1. The number of hydrogen-bond acceptors (Lipinski definition) is 4. The van der Waals surface area contributed by atoms with Crippen LogP contribution < -0.4 is 14.8 Å². The zero-order valence-corrected chi connectivity index (χ0v) is 11.8. The van der Waals surface area contributed by atoms with E-state index < -0.39 is 0 Å². The molecule has 1 aromatic rings. The van der Waals surface area contributed by atoms with Gasteiger partial charge in [-0.25, -0.2) is 0 Å². The number of rotatable bonds is 8. The Morgan fingerprint density at radius 2 is 2.11 bits per heavy atom. The van der Waals surface area contributed by atoms with Gasteiger partial charge in [-0.15, -0.1) is 0 Å². The van der Waals surface area contributed by atoms with Crippen molar-refractivity contribution in [3.05, 3.63) is 23.8 Å². The lowest BCUT2D eigenvalue weighted by atomic mass is 10.2. The summed E-state index contributed by atoms with van der Waals surface area (Å²) in [6.07, 6.45) is 2.43. The van der Waals surface area contributed by atoms with Gasteiger partial charge in [0.15, 0.2) is 11.5 Å². The molecule has 0 bridgehead atoms. The summed E-state index contributed by atoms with van der Waals surface area (Å²) >= 11 is 0. The second-order valence-electron chi connectivity index (χ2n) is 4.73. The first-order valence-electron chi connectivity index (χ1n) is 7.04. The minimum atomic E-state index is 0.261. The zero-order valence-electron chi connectivity index (χ0n) is 11.8. The summed E-state index contributed by atoms with van der Waals surface area (Å²) in [5.74, 6) is 1.64. The molecule has 0 saturated carbocycles. The summed E-state index contributed by atoms with van der Waals surface area (Å²) in [7, 11) is 0. The molecule has 4 nitrogen and oxygen atoms in total. The number of fused-ring (bicyclic) bond motifs is 1. The van der Waals surface area contributed by atoms with Crippen molar-refractivity contribution in [2.45, 2.75) is 39.4 Å². The van der Waals surface area contributed by atoms with Crippen LogP contribution in [-0.2, 0) is 11.3 Å². The molecule has 19 heavy (non-hydrogen) atoms. The fourth-order valence-corrected chi connectivity index (χ4v) is 2.01. The lowest BCUT2D eigenvalue weighted by molar-refractivity contribution is 0.0385. The maximum atomic E-state index is 5.92. The fourth-order valence-electron chi connectivity index (χ4n) is 2.01. The first-order chi connectivity index (χ1) is 9.33. The Bertz CT molecular complexity index is 395. The van der Waals surface area contributed by atoms with Crippen LogP contribution in [0.15, 0.2) is 18.2 Å². The maximum Gasteiger partial charge on any atom is 0.231 e. The molecular weight excluding hydrogens is 242 g/mol. The zero-order chi connectivity index (χ0) is 13.5. The first kappa shape index (κ1) is 14.2. The van der Waals surface area contributed by atoms with Gasteiger partial charge in [-0.3, -0.25) is 0 Å². The molecule has 1 unspecified atom stereocenters. The van der Waals surface area contributed by atoms with E-state index in [4.69, 9.17) is 14.2 Å². The van der Waals surface area contributed by atoms with E-state index in [-0.39, 0.29) is 6.10 Å². The van der Waals surface area contributed by atoms with Crippen molar-refractivity contribution >= 4 is 0 Å². The van der Waals surface area contributed by atoms with Gasteiger partial charge in [0.05, 0.1) is 12.7 Å².